The van der Waals surface area contributed by atoms with E-state index in [1.807, 2.05) is 0 Å². The first-order valence-electron chi connectivity index (χ1n) is 3.44. The summed E-state index contributed by atoms with van der Waals surface area (Å²) in [5.41, 5.74) is 0. The fourth-order valence-corrected chi connectivity index (χ4v) is 1.34. The van der Waals surface area contributed by atoms with E-state index in [0.717, 1.165) is 30.4 Å². The van der Waals surface area contributed by atoms with E-state index >= 15 is 0 Å². The fourth-order valence-electron chi connectivity index (χ4n) is 1.34. The van der Waals surface area contributed by atoms with Crippen LogP contribution >= 0.6 is 0 Å². The Hall–Kier alpha value is -0.370. The van der Waals surface area contributed by atoms with Crippen LogP contribution in [0.2, 0.25) is 0 Å². The molecule has 1 rings (SSSR count). The Morgan fingerprint density at radius 1 is 1.44 bits per heavy atom. The predicted molar refractivity (Wildman–Crippen MR) is 36.1 cm³/mol. The summed E-state index contributed by atoms with van der Waals surface area (Å²) in [5.74, 6) is 0.422. The average molecular weight is 128 g/mol. The average Bonchev–Trinajstić information content (AvgIpc) is 1.60. The molecule has 1 aliphatic rings. The minimum Gasteiger partial charge on any atom is -0.322 e. The zero-order valence-electron chi connectivity index (χ0n) is 6.18. The summed E-state index contributed by atoms with van der Waals surface area (Å²) in [6, 6.07) is 0. The summed E-state index contributed by atoms with van der Waals surface area (Å²) in [5, 5.41) is 0. The van der Waals surface area contributed by atoms with Crippen molar-refractivity contribution < 1.29 is 9.28 Å². The second kappa shape index (κ2) is 2.10. The normalized spacial score (nSPS) is 26.2. The Bertz CT molecular complexity index is 129. The molecule has 0 spiro atoms. The molecular weight excluding hydrogens is 114 g/mol. The molecule has 0 aliphatic carbocycles. The smallest absolute Gasteiger partial charge is 0.187 e. The topological polar surface area (TPSA) is 17.1 Å². The van der Waals surface area contributed by atoms with Gasteiger partial charge in [0, 0.05) is 12.8 Å². The number of likely N-dealkylation sites (N-methyl/N-ethyl adjacent to an activating group) is 1. The highest BCUT2D eigenvalue weighted by Crippen LogP contribution is 2.09. The van der Waals surface area contributed by atoms with Crippen LogP contribution in [0.3, 0.4) is 0 Å². The van der Waals surface area contributed by atoms with Crippen LogP contribution in [0.4, 0.5) is 0 Å². The second-order valence-electron chi connectivity index (χ2n) is 3.46. The molecule has 0 saturated carbocycles. The summed E-state index contributed by atoms with van der Waals surface area (Å²) >= 11 is 0. The summed E-state index contributed by atoms with van der Waals surface area (Å²) in [6.07, 6.45) is 1.88. The summed E-state index contributed by atoms with van der Waals surface area (Å²) in [6.45, 7) is 1.89. The molecule has 0 aromatic heterocycles. The highest BCUT2D eigenvalue weighted by molar-refractivity contribution is 5.79. The highest BCUT2D eigenvalue weighted by atomic mass is 16.1. The van der Waals surface area contributed by atoms with Crippen LogP contribution in [0, 0.1) is 0 Å². The molecule has 0 amide bonds. The van der Waals surface area contributed by atoms with Crippen molar-refractivity contribution in [1.29, 1.82) is 0 Å². The molecular formula is C7H14NO+. The number of hydrogen-bond acceptors (Lipinski definition) is 1. The van der Waals surface area contributed by atoms with Crippen molar-refractivity contribution in [3.63, 3.8) is 0 Å². The standard InChI is InChI=1S/C7H14NO/c1-8(2)5-3-4-7(9)6-8/h3-6H2,1-2H3/q+1. The van der Waals surface area contributed by atoms with Crippen LogP contribution in [-0.2, 0) is 4.79 Å². The number of quaternary nitrogens is 1. The number of carbonyl (C=O) groups excluding carboxylic acids is 1. The molecule has 0 aromatic rings. The first kappa shape index (κ1) is 6.75. The third kappa shape index (κ3) is 1.79. The zero-order valence-corrected chi connectivity index (χ0v) is 6.18. The Labute approximate surface area is 56.1 Å². The van der Waals surface area contributed by atoms with E-state index in [0.29, 0.717) is 5.78 Å². The number of likely N-dealkylation sites (tertiary alicyclic amines) is 1. The molecule has 0 atom stereocenters. The van der Waals surface area contributed by atoms with Gasteiger partial charge in [-0.15, -0.1) is 0 Å². The van der Waals surface area contributed by atoms with Crippen molar-refractivity contribution in [2.24, 2.45) is 0 Å². The number of Topliss-reactive ketones (excluding diaryl/α,β-unsaturated/α-hetero) is 1. The first-order chi connectivity index (χ1) is 4.10. The largest absolute Gasteiger partial charge is 0.322 e. The van der Waals surface area contributed by atoms with Crippen molar-refractivity contribution in [1.82, 2.24) is 0 Å². The number of carbonyl (C=O) groups is 1. The summed E-state index contributed by atoms with van der Waals surface area (Å²) in [7, 11) is 4.22. The van der Waals surface area contributed by atoms with Crippen LogP contribution in [0.15, 0.2) is 0 Å². The minimum atomic E-state index is 0.422. The van der Waals surface area contributed by atoms with Gasteiger partial charge in [0.15, 0.2) is 5.78 Å². The molecule has 9 heavy (non-hydrogen) atoms. The van der Waals surface area contributed by atoms with Gasteiger partial charge in [-0.05, 0) is 0 Å². The molecule has 52 valence electrons. The van der Waals surface area contributed by atoms with Crippen molar-refractivity contribution in [3.8, 4) is 0 Å². The maximum absolute atomic E-state index is 10.9. The van der Waals surface area contributed by atoms with Crippen molar-refractivity contribution in [3.05, 3.63) is 0 Å². The molecule has 0 aromatic carbocycles. The fraction of sp³-hybridized carbons (Fsp3) is 0.857. The predicted octanol–water partition coefficient (Wildman–Crippen LogP) is 0.426. The van der Waals surface area contributed by atoms with Crippen molar-refractivity contribution in [2.75, 3.05) is 27.2 Å². The number of nitrogens with zero attached hydrogens (tertiary/aromatic N) is 1. The van der Waals surface area contributed by atoms with Gasteiger partial charge in [0.25, 0.3) is 0 Å². The van der Waals surface area contributed by atoms with E-state index in [2.05, 4.69) is 14.1 Å². The Morgan fingerprint density at radius 2 is 2.11 bits per heavy atom. The number of ketones is 1. The Morgan fingerprint density at radius 3 is 2.44 bits per heavy atom. The second-order valence-corrected chi connectivity index (χ2v) is 3.46. The van der Waals surface area contributed by atoms with Crippen LogP contribution in [0.1, 0.15) is 12.8 Å². The van der Waals surface area contributed by atoms with Gasteiger partial charge in [-0.2, -0.15) is 0 Å². The van der Waals surface area contributed by atoms with E-state index in [-0.39, 0.29) is 0 Å². The molecule has 2 heteroatoms. The SMILES string of the molecule is C[N+]1(C)CCCC(=O)C1. The molecule has 0 N–H and O–H groups in total. The van der Waals surface area contributed by atoms with E-state index in [1.54, 1.807) is 0 Å². The molecule has 1 aliphatic heterocycles. The molecule has 1 fully saturated rings. The number of piperidine rings is 1. The lowest BCUT2D eigenvalue weighted by Gasteiger charge is -2.32. The van der Waals surface area contributed by atoms with E-state index < -0.39 is 0 Å². The Kier molecular flexibility index (Phi) is 1.58. The van der Waals surface area contributed by atoms with Crippen molar-refractivity contribution in [2.45, 2.75) is 12.8 Å². The lowest BCUT2D eigenvalue weighted by atomic mass is 10.1. The van der Waals surface area contributed by atoms with Gasteiger partial charge in [-0.3, -0.25) is 4.79 Å². The lowest BCUT2D eigenvalue weighted by molar-refractivity contribution is -0.885. The molecule has 0 bridgehead atoms. The third-order valence-corrected chi connectivity index (χ3v) is 1.82. The molecule has 1 heterocycles. The van der Waals surface area contributed by atoms with Gasteiger partial charge in [-0.25, -0.2) is 0 Å². The number of hydrogen-bond donors (Lipinski definition) is 0. The number of rotatable bonds is 0. The van der Waals surface area contributed by atoms with E-state index in [1.165, 1.54) is 0 Å². The summed E-state index contributed by atoms with van der Waals surface area (Å²) < 4.78 is 0.888. The van der Waals surface area contributed by atoms with E-state index in [9.17, 15) is 4.79 Å². The zero-order chi connectivity index (χ0) is 6.91. The van der Waals surface area contributed by atoms with Gasteiger partial charge in [0.2, 0.25) is 0 Å². The highest BCUT2D eigenvalue weighted by Gasteiger charge is 2.24. The van der Waals surface area contributed by atoms with Crippen LogP contribution in [0.25, 0.3) is 0 Å². The molecule has 0 radical (unpaired) electrons. The van der Waals surface area contributed by atoms with Crippen LogP contribution in [-0.4, -0.2) is 37.5 Å². The summed E-state index contributed by atoms with van der Waals surface area (Å²) in [4.78, 5) is 10.9. The molecule has 1 saturated heterocycles. The molecule has 0 unspecified atom stereocenters. The third-order valence-electron chi connectivity index (χ3n) is 1.82. The van der Waals surface area contributed by atoms with Gasteiger partial charge < -0.3 is 4.48 Å². The van der Waals surface area contributed by atoms with Gasteiger partial charge in [-0.1, -0.05) is 0 Å². The first-order valence-corrected chi connectivity index (χ1v) is 3.44. The minimum absolute atomic E-state index is 0.422. The van der Waals surface area contributed by atoms with E-state index in [4.69, 9.17) is 0 Å². The monoisotopic (exact) mass is 128 g/mol. The quantitative estimate of drug-likeness (QED) is 0.432. The Balaban J connectivity index is 2.51. The van der Waals surface area contributed by atoms with Gasteiger partial charge in [0.1, 0.15) is 6.54 Å². The maximum Gasteiger partial charge on any atom is 0.187 e. The van der Waals surface area contributed by atoms with Crippen LogP contribution in [0.5, 0.6) is 0 Å². The van der Waals surface area contributed by atoms with Crippen molar-refractivity contribution >= 4 is 5.78 Å². The van der Waals surface area contributed by atoms with Gasteiger partial charge in [0.05, 0.1) is 20.6 Å². The lowest BCUT2D eigenvalue weighted by Crippen LogP contribution is -2.47. The maximum atomic E-state index is 10.9. The van der Waals surface area contributed by atoms with Crippen LogP contribution < -0.4 is 0 Å². The molecule has 2 nitrogen and oxygen atoms in total. The van der Waals surface area contributed by atoms with Gasteiger partial charge >= 0.3 is 0 Å².